The monoisotopic (exact) mass is 261 g/mol. The fourth-order valence-electron chi connectivity index (χ4n) is 2.86. The van der Waals surface area contributed by atoms with Crippen LogP contribution < -0.4 is 10.1 Å². The molecular weight excluding hydrogens is 242 g/mol. The highest BCUT2D eigenvalue weighted by molar-refractivity contribution is 5.94. The number of aliphatic hydroxyl groups is 1. The van der Waals surface area contributed by atoms with E-state index in [-0.39, 0.29) is 11.9 Å². The molecule has 0 spiro atoms. The minimum Gasteiger partial charge on any atom is -0.493 e. The van der Waals surface area contributed by atoms with E-state index in [1.165, 1.54) is 0 Å². The van der Waals surface area contributed by atoms with Crippen LogP contribution in [-0.4, -0.2) is 29.8 Å². The van der Waals surface area contributed by atoms with E-state index in [0.29, 0.717) is 12.2 Å². The molecule has 1 aliphatic carbocycles. The van der Waals surface area contributed by atoms with E-state index in [1.807, 2.05) is 12.1 Å². The maximum absolute atomic E-state index is 12.2. The molecule has 2 aliphatic rings. The molecule has 3 rings (SSSR count). The molecule has 102 valence electrons. The van der Waals surface area contributed by atoms with Crippen molar-refractivity contribution < 1.29 is 14.6 Å². The molecule has 1 aliphatic heterocycles. The van der Waals surface area contributed by atoms with Crippen LogP contribution >= 0.6 is 0 Å². The van der Waals surface area contributed by atoms with Gasteiger partial charge in [0.2, 0.25) is 0 Å². The highest BCUT2D eigenvalue weighted by Gasteiger charge is 2.25. The van der Waals surface area contributed by atoms with Crippen LogP contribution in [0.15, 0.2) is 18.2 Å². The highest BCUT2D eigenvalue weighted by Crippen LogP contribution is 2.26. The van der Waals surface area contributed by atoms with Crippen LogP contribution in [0.2, 0.25) is 0 Å². The van der Waals surface area contributed by atoms with E-state index in [1.54, 1.807) is 6.07 Å². The molecule has 0 unspecified atom stereocenters. The number of rotatable bonds is 2. The smallest absolute Gasteiger partial charge is 0.251 e. The first kappa shape index (κ1) is 12.5. The van der Waals surface area contributed by atoms with Crippen molar-refractivity contribution in [3.05, 3.63) is 29.3 Å². The molecule has 0 bridgehead atoms. The number of nitrogens with one attached hydrogen (secondary N) is 1. The maximum Gasteiger partial charge on any atom is 0.251 e. The minimum atomic E-state index is -0.407. The number of carbonyl (C=O) groups excluding carboxylic acids is 1. The largest absolute Gasteiger partial charge is 0.493 e. The Bertz CT molecular complexity index is 486. The molecule has 2 atom stereocenters. The molecule has 1 aromatic rings. The van der Waals surface area contributed by atoms with Gasteiger partial charge < -0.3 is 15.2 Å². The van der Waals surface area contributed by atoms with Gasteiger partial charge in [0.15, 0.2) is 0 Å². The van der Waals surface area contributed by atoms with Crippen molar-refractivity contribution in [2.24, 2.45) is 0 Å². The molecule has 0 radical (unpaired) electrons. The topological polar surface area (TPSA) is 58.6 Å². The van der Waals surface area contributed by atoms with Gasteiger partial charge in [0, 0.05) is 12.0 Å². The molecule has 1 saturated carbocycles. The average molecular weight is 261 g/mol. The SMILES string of the molecule is O=C(N[C@H]1CCCC[C@@H]1O)c1ccc2c(c1)CCO2. The van der Waals surface area contributed by atoms with Crippen LogP contribution in [0.3, 0.4) is 0 Å². The van der Waals surface area contributed by atoms with Crippen molar-refractivity contribution in [1.29, 1.82) is 0 Å². The van der Waals surface area contributed by atoms with Gasteiger partial charge in [-0.05, 0) is 36.6 Å². The number of aliphatic hydroxyl groups excluding tert-OH is 1. The Hall–Kier alpha value is -1.55. The van der Waals surface area contributed by atoms with Gasteiger partial charge in [-0.15, -0.1) is 0 Å². The Labute approximate surface area is 112 Å². The predicted molar refractivity (Wildman–Crippen MR) is 71.4 cm³/mol. The molecule has 1 heterocycles. The molecule has 1 aromatic carbocycles. The van der Waals surface area contributed by atoms with Crippen molar-refractivity contribution in [2.45, 2.75) is 44.2 Å². The Kier molecular flexibility index (Phi) is 3.42. The molecule has 19 heavy (non-hydrogen) atoms. The van der Waals surface area contributed by atoms with Gasteiger partial charge in [-0.3, -0.25) is 4.79 Å². The summed E-state index contributed by atoms with van der Waals surface area (Å²) in [4.78, 5) is 12.2. The third kappa shape index (κ3) is 2.59. The zero-order valence-electron chi connectivity index (χ0n) is 10.9. The fraction of sp³-hybridized carbons (Fsp3) is 0.533. The van der Waals surface area contributed by atoms with Crippen molar-refractivity contribution in [3.63, 3.8) is 0 Å². The Morgan fingerprint density at radius 3 is 3.00 bits per heavy atom. The van der Waals surface area contributed by atoms with E-state index >= 15 is 0 Å². The quantitative estimate of drug-likeness (QED) is 0.851. The number of hydrogen-bond donors (Lipinski definition) is 2. The number of amides is 1. The zero-order chi connectivity index (χ0) is 13.2. The molecule has 1 amide bonds. The van der Waals surface area contributed by atoms with Gasteiger partial charge in [0.1, 0.15) is 5.75 Å². The minimum absolute atomic E-state index is 0.0966. The molecule has 0 saturated heterocycles. The normalized spacial score (nSPS) is 25.5. The van der Waals surface area contributed by atoms with E-state index in [9.17, 15) is 9.90 Å². The summed E-state index contributed by atoms with van der Waals surface area (Å²) in [5.74, 6) is 0.787. The maximum atomic E-state index is 12.2. The summed E-state index contributed by atoms with van der Waals surface area (Å²) < 4.78 is 5.43. The van der Waals surface area contributed by atoms with Crippen LogP contribution in [0, 0.1) is 0 Å². The molecule has 1 fully saturated rings. The standard InChI is InChI=1S/C15H19NO3/c17-13-4-2-1-3-12(13)16-15(18)11-5-6-14-10(9-11)7-8-19-14/h5-6,9,12-13,17H,1-4,7-8H2,(H,16,18)/t12-,13-/m0/s1. The van der Waals surface area contributed by atoms with E-state index in [2.05, 4.69) is 5.32 Å². The molecule has 4 heteroatoms. The predicted octanol–water partition coefficient (Wildman–Crippen LogP) is 1.65. The summed E-state index contributed by atoms with van der Waals surface area (Å²) >= 11 is 0. The van der Waals surface area contributed by atoms with Gasteiger partial charge in [-0.1, -0.05) is 12.8 Å². The summed E-state index contributed by atoms with van der Waals surface area (Å²) in [6.45, 7) is 0.696. The fourth-order valence-corrected chi connectivity index (χ4v) is 2.86. The lowest BCUT2D eigenvalue weighted by Crippen LogP contribution is -2.45. The Morgan fingerprint density at radius 1 is 1.32 bits per heavy atom. The number of benzene rings is 1. The second-order valence-corrected chi connectivity index (χ2v) is 5.35. The lowest BCUT2D eigenvalue weighted by atomic mass is 9.92. The second-order valence-electron chi connectivity index (χ2n) is 5.35. The Balaban J connectivity index is 1.70. The molecule has 4 nitrogen and oxygen atoms in total. The van der Waals surface area contributed by atoms with E-state index in [4.69, 9.17) is 4.74 Å². The molecule has 0 aromatic heterocycles. The van der Waals surface area contributed by atoms with E-state index in [0.717, 1.165) is 43.4 Å². The zero-order valence-corrected chi connectivity index (χ0v) is 10.9. The summed E-state index contributed by atoms with van der Waals surface area (Å²) in [5, 5.41) is 12.8. The lowest BCUT2D eigenvalue weighted by Gasteiger charge is -2.28. The third-order valence-electron chi connectivity index (χ3n) is 4.00. The van der Waals surface area contributed by atoms with Crippen molar-refractivity contribution in [3.8, 4) is 5.75 Å². The van der Waals surface area contributed by atoms with Gasteiger partial charge in [0.05, 0.1) is 18.8 Å². The number of fused-ring (bicyclic) bond motifs is 1. The average Bonchev–Trinajstić information content (AvgIpc) is 2.88. The highest BCUT2D eigenvalue weighted by atomic mass is 16.5. The van der Waals surface area contributed by atoms with Gasteiger partial charge in [0.25, 0.3) is 5.91 Å². The summed E-state index contributed by atoms with van der Waals surface area (Å²) in [7, 11) is 0. The first-order valence-corrected chi connectivity index (χ1v) is 6.99. The van der Waals surface area contributed by atoms with Gasteiger partial charge in [-0.25, -0.2) is 0 Å². The summed E-state index contributed by atoms with van der Waals surface area (Å²) in [6, 6.07) is 5.43. The van der Waals surface area contributed by atoms with E-state index < -0.39 is 6.10 Å². The first-order valence-electron chi connectivity index (χ1n) is 6.99. The first-order chi connectivity index (χ1) is 9.24. The summed E-state index contributed by atoms with van der Waals surface area (Å²) in [5.41, 5.74) is 1.75. The number of ether oxygens (including phenoxy) is 1. The van der Waals surface area contributed by atoms with Crippen molar-refractivity contribution >= 4 is 5.91 Å². The second kappa shape index (κ2) is 5.21. The third-order valence-corrected chi connectivity index (χ3v) is 4.00. The van der Waals surface area contributed by atoms with Crippen LogP contribution in [0.4, 0.5) is 0 Å². The Morgan fingerprint density at radius 2 is 2.16 bits per heavy atom. The van der Waals surface area contributed by atoms with Gasteiger partial charge >= 0.3 is 0 Å². The van der Waals surface area contributed by atoms with Crippen LogP contribution in [0.1, 0.15) is 41.6 Å². The van der Waals surface area contributed by atoms with Crippen LogP contribution in [0.5, 0.6) is 5.75 Å². The van der Waals surface area contributed by atoms with Crippen LogP contribution in [-0.2, 0) is 6.42 Å². The lowest BCUT2D eigenvalue weighted by molar-refractivity contribution is 0.0717. The van der Waals surface area contributed by atoms with Crippen LogP contribution in [0.25, 0.3) is 0 Å². The molecule has 2 N–H and O–H groups in total. The van der Waals surface area contributed by atoms with Crippen molar-refractivity contribution in [2.75, 3.05) is 6.61 Å². The van der Waals surface area contributed by atoms with Crippen molar-refractivity contribution in [1.82, 2.24) is 5.32 Å². The number of hydrogen-bond acceptors (Lipinski definition) is 3. The summed E-state index contributed by atoms with van der Waals surface area (Å²) in [6.07, 6.45) is 4.21. The number of carbonyl (C=O) groups is 1. The van der Waals surface area contributed by atoms with Gasteiger partial charge in [-0.2, -0.15) is 0 Å². The molecular formula is C15H19NO3.